The molecule has 1 aliphatic heterocycles. The fourth-order valence-corrected chi connectivity index (χ4v) is 2.58. The van der Waals surface area contributed by atoms with Crippen LogP contribution in [0, 0.1) is 13.7 Å². The topological polar surface area (TPSA) is 63.4 Å². The lowest BCUT2D eigenvalue weighted by Crippen LogP contribution is -2.35. The first-order valence-corrected chi connectivity index (χ1v) is 6.90. The number of benzene rings is 1. The van der Waals surface area contributed by atoms with E-state index in [1.165, 1.54) is 6.07 Å². The van der Waals surface area contributed by atoms with Crippen LogP contribution in [0.25, 0.3) is 0 Å². The number of amides is 1. The molecule has 2 rings (SSSR count). The molecule has 0 spiro atoms. The van der Waals surface area contributed by atoms with Gasteiger partial charge in [0.15, 0.2) is 0 Å². The number of likely N-dealkylation sites (tertiary alicyclic amines) is 1. The van der Waals surface area contributed by atoms with Crippen LogP contribution in [-0.4, -0.2) is 28.8 Å². The van der Waals surface area contributed by atoms with Crippen LogP contribution in [0.5, 0.6) is 0 Å². The summed E-state index contributed by atoms with van der Waals surface area (Å²) in [5.74, 6) is -0.224. The molecule has 18 heavy (non-hydrogen) atoms. The van der Waals surface area contributed by atoms with Gasteiger partial charge in [-0.3, -0.25) is 14.9 Å². The van der Waals surface area contributed by atoms with Gasteiger partial charge in [0.1, 0.15) is 5.56 Å². The number of piperidine rings is 1. The smallest absolute Gasteiger partial charge is 0.283 e. The van der Waals surface area contributed by atoms with Crippen LogP contribution >= 0.6 is 22.6 Å². The van der Waals surface area contributed by atoms with Gasteiger partial charge in [-0.15, -0.1) is 0 Å². The van der Waals surface area contributed by atoms with E-state index in [1.807, 2.05) is 22.6 Å². The lowest BCUT2D eigenvalue weighted by atomic mass is 10.1. The van der Waals surface area contributed by atoms with Gasteiger partial charge in [0, 0.05) is 22.7 Å². The maximum Gasteiger partial charge on any atom is 0.283 e. The summed E-state index contributed by atoms with van der Waals surface area (Å²) in [6.45, 7) is 1.39. The van der Waals surface area contributed by atoms with Crippen molar-refractivity contribution in [3.8, 4) is 0 Å². The third kappa shape index (κ3) is 2.80. The summed E-state index contributed by atoms with van der Waals surface area (Å²) in [6.07, 6.45) is 3.08. The standard InChI is InChI=1S/C12H13IN2O3/c13-9-4-5-10(11(8-9)15(17)18)12(16)14-6-2-1-3-7-14/h4-5,8H,1-3,6-7H2. The van der Waals surface area contributed by atoms with Gasteiger partial charge >= 0.3 is 0 Å². The number of carbonyl (C=O) groups excluding carboxylic acids is 1. The molecule has 96 valence electrons. The van der Waals surface area contributed by atoms with E-state index in [2.05, 4.69) is 0 Å². The normalized spacial score (nSPS) is 15.5. The molecule has 5 nitrogen and oxygen atoms in total. The van der Waals surface area contributed by atoms with Crippen molar-refractivity contribution in [3.63, 3.8) is 0 Å². The quantitative estimate of drug-likeness (QED) is 0.463. The van der Waals surface area contributed by atoms with Crippen LogP contribution in [0.15, 0.2) is 18.2 Å². The van der Waals surface area contributed by atoms with E-state index in [9.17, 15) is 14.9 Å². The fourth-order valence-electron chi connectivity index (χ4n) is 2.10. The lowest BCUT2D eigenvalue weighted by molar-refractivity contribution is -0.385. The number of carbonyl (C=O) groups is 1. The molecule has 0 aliphatic carbocycles. The highest BCUT2D eigenvalue weighted by molar-refractivity contribution is 14.1. The zero-order chi connectivity index (χ0) is 13.1. The Balaban J connectivity index is 2.31. The molecule has 0 N–H and O–H groups in total. The van der Waals surface area contributed by atoms with Gasteiger partial charge in [0.2, 0.25) is 0 Å². The third-order valence-corrected chi connectivity index (χ3v) is 3.70. The molecule has 0 atom stereocenters. The summed E-state index contributed by atoms with van der Waals surface area (Å²) < 4.78 is 0.759. The molecule has 0 radical (unpaired) electrons. The summed E-state index contributed by atoms with van der Waals surface area (Å²) in [7, 11) is 0. The molecule has 0 bridgehead atoms. The van der Waals surface area contributed by atoms with E-state index >= 15 is 0 Å². The van der Waals surface area contributed by atoms with E-state index in [0.29, 0.717) is 13.1 Å². The van der Waals surface area contributed by atoms with Gasteiger partial charge in [-0.05, 0) is 54.0 Å². The Morgan fingerprint density at radius 1 is 1.28 bits per heavy atom. The maximum absolute atomic E-state index is 12.3. The largest absolute Gasteiger partial charge is 0.338 e. The Bertz CT molecular complexity index is 484. The third-order valence-electron chi connectivity index (χ3n) is 3.03. The second-order valence-corrected chi connectivity index (χ2v) is 5.52. The molecule has 1 aliphatic rings. The van der Waals surface area contributed by atoms with Crippen molar-refractivity contribution in [1.82, 2.24) is 4.90 Å². The van der Waals surface area contributed by atoms with E-state index in [4.69, 9.17) is 0 Å². The first kappa shape index (κ1) is 13.3. The minimum Gasteiger partial charge on any atom is -0.338 e. The predicted molar refractivity (Wildman–Crippen MR) is 75.6 cm³/mol. The van der Waals surface area contributed by atoms with Crippen molar-refractivity contribution < 1.29 is 9.72 Å². The Morgan fingerprint density at radius 3 is 2.56 bits per heavy atom. The van der Waals surface area contributed by atoms with Crippen molar-refractivity contribution in [3.05, 3.63) is 37.4 Å². The van der Waals surface area contributed by atoms with Gasteiger partial charge in [-0.1, -0.05) is 0 Å². The molecule has 0 unspecified atom stereocenters. The SMILES string of the molecule is O=C(c1ccc(I)cc1[N+](=O)[O-])N1CCCCC1. The molecular formula is C12H13IN2O3. The molecule has 1 saturated heterocycles. The van der Waals surface area contributed by atoms with Gasteiger partial charge in [0.05, 0.1) is 4.92 Å². The van der Waals surface area contributed by atoms with Gasteiger partial charge in [-0.2, -0.15) is 0 Å². The first-order valence-electron chi connectivity index (χ1n) is 5.83. The highest BCUT2D eigenvalue weighted by Gasteiger charge is 2.25. The number of hydrogen-bond acceptors (Lipinski definition) is 3. The van der Waals surface area contributed by atoms with Gasteiger partial charge in [-0.25, -0.2) is 0 Å². The van der Waals surface area contributed by atoms with Crippen LogP contribution in [0.2, 0.25) is 0 Å². The van der Waals surface area contributed by atoms with Gasteiger partial charge in [0.25, 0.3) is 11.6 Å². The minimum absolute atomic E-state index is 0.0996. The number of halogens is 1. The summed E-state index contributed by atoms with van der Waals surface area (Å²) in [5.41, 5.74) is 0.0970. The maximum atomic E-state index is 12.3. The summed E-state index contributed by atoms with van der Waals surface area (Å²) >= 11 is 2.00. The average Bonchev–Trinajstić information content (AvgIpc) is 2.39. The van der Waals surface area contributed by atoms with Crippen molar-refractivity contribution in [1.29, 1.82) is 0 Å². The van der Waals surface area contributed by atoms with Crippen LogP contribution < -0.4 is 0 Å². The Kier molecular flexibility index (Phi) is 4.15. The zero-order valence-electron chi connectivity index (χ0n) is 9.76. The molecule has 1 amide bonds. The zero-order valence-corrected chi connectivity index (χ0v) is 11.9. The molecule has 1 fully saturated rings. The fraction of sp³-hybridized carbons (Fsp3) is 0.417. The average molecular weight is 360 g/mol. The first-order chi connectivity index (χ1) is 8.59. The molecule has 6 heteroatoms. The van der Waals surface area contributed by atoms with Gasteiger partial charge < -0.3 is 4.90 Å². The summed E-state index contributed by atoms with van der Waals surface area (Å²) in [4.78, 5) is 24.5. The number of nitro benzene ring substituents is 1. The number of rotatable bonds is 2. The monoisotopic (exact) mass is 360 g/mol. The van der Waals surface area contributed by atoms with Crippen LogP contribution in [0.4, 0.5) is 5.69 Å². The predicted octanol–water partition coefficient (Wildman–Crippen LogP) is 2.83. The second-order valence-electron chi connectivity index (χ2n) is 4.27. The highest BCUT2D eigenvalue weighted by Crippen LogP contribution is 2.24. The summed E-state index contributed by atoms with van der Waals surface area (Å²) in [6, 6.07) is 4.72. The Hall–Kier alpha value is -1.18. The molecular weight excluding hydrogens is 347 g/mol. The van der Waals surface area contributed by atoms with Crippen molar-refractivity contribution in [2.24, 2.45) is 0 Å². The lowest BCUT2D eigenvalue weighted by Gasteiger charge is -2.26. The highest BCUT2D eigenvalue weighted by atomic mass is 127. The van der Waals surface area contributed by atoms with Crippen LogP contribution in [-0.2, 0) is 0 Å². The van der Waals surface area contributed by atoms with Crippen LogP contribution in [0.1, 0.15) is 29.6 Å². The molecule has 0 aromatic heterocycles. The summed E-state index contributed by atoms with van der Waals surface area (Å²) in [5, 5.41) is 11.0. The second kappa shape index (κ2) is 5.64. The molecule has 1 aromatic carbocycles. The van der Waals surface area contributed by atoms with E-state index in [0.717, 1.165) is 22.8 Å². The van der Waals surface area contributed by atoms with Crippen LogP contribution in [0.3, 0.4) is 0 Å². The molecule has 0 saturated carbocycles. The van der Waals surface area contributed by atoms with E-state index in [-0.39, 0.29) is 17.2 Å². The number of nitro groups is 1. The molecule has 1 aromatic rings. The number of nitrogens with zero attached hydrogens (tertiary/aromatic N) is 2. The number of hydrogen-bond donors (Lipinski definition) is 0. The van der Waals surface area contributed by atoms with Crippen molar-refractivity contribution >= 4 is 34.2 Å². The minimum atomic E-state index is -0.487. The van der Waals surface area contributed by atoms with E-state index < -0.39 is 4.92 Å². The van der Waals surface area contributed by atoms with E-state index in [1.54, 1.807) is 17.0 Å². The molecule has 1 heterocycles. The van der Waals surface area contributed by atoms with Crippen molar-refractivity contribution in [2.45, 2.75) is 19.3 Å². The Labute approximate surface area is 118 Å². The van der Waals surface area contributed by atoms with Crippen molar-refractivity contribution in [2.75, 3.05) is 13.1 Å². The Morgan fingerprint density at radius 2 is 1.94 bits per heavy atom.